The van der Waals surface area contributed by atoms with Gasteiger partial charge in [-0.15, -0.1) is 0 Å². The average Bonchev–Trinajstić information content (AvgIpc) is 1.88. The van der Waals surface area contributed by atoms with E-state index >= 15 is 0 Å². The van der Waals surface area contributed by atoms with Gasteiger partial charge in [0.1, 0.15) is 0 Å². The smallest absolute Gasteiger partial charge is 0.308 e. The van der Waals surface area contributed by atoms with Gasteiger partial charge in [0, 0.05) is 12.8 Å². The van der Waals surface area contributed by atoms with Gasteiger partial charge in [-0.2, -0.15) is 0 Å². The Balaban J connectivity index is 3.37. The van der Waals surface area contributed by atoms with Crippen LogP contribution < -0.4 is 0 Å². The van der Waals surface area contributed by atoms with Gasteiger partial charge in [-0.3, -0.25) is 4.79 Å². The van der Waals surface area contributed by atoms with E-state index in [1.54, 1.807) is 6.92 Å². The van der Waals surface area contributed by atoms with E-state index < -0.39 is 12.3 Å². The molecule has 0 fully saturated rings. The van der Waals surface area contributed by atoms with Gasteiger partial charge in [0.25, 0.3) is 0 Å². The van der Waals surface area contributed by atoms with E-state index in [2.05, 4.69) is 4.74 Å². The largest absolute Gasteiger partial charge is 0.431 e. The lowest BCUT2D eigenvalue weighted by Crippen LogP contribution is -2.11. The normalized spacial score (nSPS) is 12.7. The van der Waals surface area contributed by atoms with Crippen molar-refractivity contribution in [1.82, 2.24) is 0 Å². The molecular weight excluding hydrogens is 135 g/mol. The van der Waals surface area contributed by atoms with Crippen LogP contribution in [-0.4, -0.2) is 12.3 Å². The van der Waals surface area contributed by atoms with Crippen LogP contribution >= 0.6 is 0 Å². The molecule has 0 aliphatic carbocycles. The minimum absolute atomic E-state index is 0.240. The molecule has 0 saturated heterocycles. The van der Waals surface area contributed by atoms with E-state index in [-0.39, 0.29) is 6.42 Å². The standard InChI is InChI=1S/C7H13FO2/c1-3-5-6(8)10-7(9)4-2/h6H,3-5H2,1-2H3. The van der Waals surface area contributed by atoms with Gasteiger partial charge >= 0.3 is 5.97 Å². The molecule has 3 heteroatoms. The molecule has 0 rings (SSSR count). The molecule has 0 aromatic carbocycles. The summed E-state index contributed by atoms with van der Waals surface area (Å²) in [7, 11) is 0. The number of rotatable bonds is 4. The molecule has 60 valence electrons. The lowest BCUT2D eigenvalue weighted by molar-refractivity contribution is -0.157. The van der Waals surface area contributed by atoms with Crippen LogP contribution in [0.25, 0.3) is 0 Å². The predicted octanol–water partition coefficient (Wildman–Crippen LogP) is 2.04. The zero-order chi connectivity index (χ0) is 7.98. The van der Waals surface area contributed by atoms with E-state index in [1.807, 2.05) is 6.92 Å². The maximum Gasteiger partial charge on any atom is 0.308 e. The number of esters is 1. The van der Waals surface area contributed by atoms with E-state index in [0.29, 0.717) is 12.8 Å². The summed E-state index contributed by atoms with van der Waals surface area (Å²) in [6, 6.07) is 0. The highest BCUT2D eigenvalue weighted by molar-refractivity contribution is 5.68. The van der Waals surface area contributed by atoms with E-state index in [1.165, 1.54) is 0 Å². The number of carbonyl (C=O) groups is 1. The molecular formula is C7H13FO2. The van der Waals surface area contributed by atoms with Crippen LogP contribution in [0.15, 0.2) is 0 Å². The summed E-state index contributed by atoms with van der Waals surface area (Å²) in [5.74, 6) is -0.471. The number of carbonyl (C=O) groups excluding carboxylic acids is 1. The van der Waals surface area contributed by atoms with Crippen LogP contribution in [0.3, 0.4) is 0 Å². The summed E-state index contributed by atoms with van der Waals surface area (Å²) >= 11 is 0. The van der Waals surface area contributed by atoms with Gasteiger partial charge in [0.2, 0.25) is 6.36 Å². The van der Waals surface area contributed by atoms with Gasteiger partial charge in [0.15, 0.2) is 0 Å². The predicted molar refractivity (Wildman–Crippen MR) is 36.2 cm³/mol. The quantitative estimate of drug-likeness (QED) is 0.570. The van der Waals surface area contributed by atoms with Gasteiger partial charge in [-0.05, 0) is 6.42 Å². The molecule has 10 heavy (non-hydrogen) atoms. The Hall–Kier alpha value is -0.600. The lowest BCUT2D eigenvalue weighted by Gasteiger charge is -2.06. The molecule has 0 aromatic rings. The number of hydrogen-bond donors (Lipinski definition) is 0. The summed E-state index contributed by atoms with van der Waals surface area (Å²) in [6.45, 7) is 3.48. The molecule has 0 bridgehead atoms. The van der Waals surface area contributed by atoms with Crippen molar-refractivity contribution >= 4 is 5.97 Å². The molecule has 0 N–H and O–H groups in total. The summed E-state index contributed by atoms with van der Waals surface area (Å²) in [5, 5.41) is 0. The van der Waals surface area contributed by atoms with Crippen molar-refractivity contribution in [2.75, 3.05) is 0 Å². The highest BCUT2D eigenvalue weighted by atomic mass is 19.1. The maximum absolute atomic E-state index is 12.4. The first kappa shape index (κ1) is 9.40. The number of halogens is 1. The van der Waals surface area contributed by atoms with E-state index in [0.717, 1.165) is 0 Å². The van der Waals surface area contributed by atoms with Crippen molar-refractivity contribution in [2.24, 2.45) is 0 Å². The molecule has 1 atom stereocenters. The summed E-state index contributed by atoms with van der Waals surface area (Å²) in [5.41, 5.74) is 0. The van der Waals surface area contributed by atoms with Crippen molar-refractivity contribution in [3.05, 3.63) is 0 Å². The molecule has 2 nitrogen and oxygen atoms in total. The zero-order valence-corrected chi connectivity index (χ0v) is 6.39. The fraction of sp³-hybridized carbons (Fsp3) is 0.857. The second-order valence-corrected chi connectivity index (χ2v) is 2.04. The Kier molecular flexibility index (Phi) is 4.89. The lowest BCUT2D eigenvalue weighted by atomic mass is 10.3. The van der Waals surface area contributed by atoms with Crippen LogP contribution in [0.2, 0.25) is 0 Å². The van der Waals surface area contributed by atoms with Crippen LogP contribution in [-0.2, 0) is 9.53 Å². The third-order valence-corrected chi connectivity index (χ3v) is 1.06. The topological polar surface area (TPSA) is 26.3 Å². The highest BCUT2D eigenvalue weighted by Gasteiger charge is 2.08. The summed E-state index contributed by atoms with van der Waals surface area (Å²) in [4.78, 5) is 10.4. The second kappa shape index (κ2) is 5.21. The molecule has 0 radical (unpaired) electrons. The van der Waals surface area contributed by atoms with Crippen molar-refractivity contribution in [3.63, 3.8) is 0 Å². The SMILES string of the molecule is CCCC(F)OC(=O)CC. The molecule has 1 unspecified atom stereocenters. The third kappa shape index (κ3) is 4.30. The molecule has 0 aromatic heterocycles. The van der Waals surface area contributed by atoms with Crippen LogP contribution in [0.4, 0.5) is 4.39 Å². The number of ether oxygens (including phenoxy) is 1. The molecule has 0 aliphatic heterocycles. The fourth-order valence-electron chi connectivity index (χ4n) is 0.512. The van der Waals surface area contributed by atoms with E-state index in [4.69, 9.17) is 0 Å². The Morgan fingerprint density at radius 2 is 2.20 bits per heavy atom. The van der Waals surface area contributed by atoms with Crippen molar-refractivity contribution in [1.29, 1.82) is 0 Å². The molecule has 0 aliphatic rings. The highest BCUT2D eigenvalue weighted by Crippen LogP contribution is 2.03. The Bertz CT molecular complexity index is 104. The fourth-order valence-corrected chi connectivity index (χ4v) is 0.512. The Morgan fingerprint density at radius 1 is 1.60 bits per heavy atom. The minimum Gasteiger partial charge on any atom is -0.431 e. The van der Waals surface area contributed by atoms with Crippen LogP contribution in [0.5, 0.6) is 0 Å². The maximum atomic E-state index is 12.4. The minimum atomic E-state index is -1.41. The summed E-state index contributed by atoms with van der Waals surface area (Å²) in [6.07, 6.45) is -0.175. The zero-order valence-electron chi connectivity index (χ0n) is 6.39. The first-order valence-electron chi connectivity index (χ1n) is 3.54. The molecule has 0 amide bonds. The van der Waals surface area contributed by atoms with Gasteiger partial charge in [-0.25, -0.2) is 4.39 Å². The van der Waals surface area contributed by atoms with Gasteiger partial charge in [-0.1, -0.05) is 13.8 Å². The first-order valence-corrected chi connectivity index (χ1v) is 3.54. The summed E-state index contributed by atoms with van der Waals surface area (Å²) < 4.78 is 16.7. The van der Waals surface area contributed by atoms with Crippen LogP contribution in [0, 0.1) is 0 Å². The van der Waals surface area contributed by atoms with Crippen LogP contribution in [0.1, 0.15) is 33.1 Å². The Labute approximate surface area is 60.4 Å². The van der Waals surface area contributed by atoms with Gasteiger partial charge < -0.3 is 4.74 Å². The Morgan fingerprint density at radius 3 is 2.60 bits per heavy atom. The molecule has 0 saturated carbocycles. The molecule has 0 spiro atoms. The molecule has 0 heterocycles. The van der Waals surface area contributed by atoms with Crippen molar-refractivity contribution < 1.29 is 13.9 Å². The number of hydrogen-bond acceptors (Lipinski definition) is 2. The third-order valence-electron chi connectivity index (χ3n) is 1.06. The van der Waals surface area contributed by atoms with Crippen molar-refractivity contribution in [2.45, 2.75) is 39.5 Å². The number of alkyl halides is 1. The van der Waals surface area contributed by atoms with E-state index in [9.17, 15) is 9.18 Å². The van der Waals surface area contributed by atoms with Gasteiger partial charge in [0.05, 0.1) is 0 Å². The average molecular weight is 148 g/mol. The van der Waals surface area contributed by atoms with Crippen molar-refractivity contribution in [3.8, 4) is 0 Å². The second-order valence-electron chi connectivity index (χ2n) is 2.04. The first-order chi connectivity index (χ1) is 4.70. The monoisotopic (exact) mass is 148 g/mol.